The van der Waals surface area contributed by atoms with Crippen LogP contribution in [0.2, 0.25) is 0 Å². The van der Waals surface area contributed by atoms with E-state index in [4.69, 9.17) is 4.74 Å². The van der Waals surface area contributed by atoms with E-state index in [-0.39, 0.29) is 18.0 Å². The molecule has 0 unspecified atom stereocenters. The first-order chi connectivity index (χ1) is 13.0. The van der Waals surface area contributed by atoms with Crippen molar-refractivity contribution in [3.63, 3.8) is 0 Å². The van der Waals surface area contributed by atoms with Crippen LogP contribution in [-0.2, 0) is 17.5 Å². The van der Waals surface area contributed by atoms with E-state index < -0.39 is 11.7 Å². The van der Waals surface area contributed by atoms with Crippen LogP contribution in [0.25, 0.3) is 16.9 Å². The molecule has 0 aliphatic carbocycles. The number of hydrogen-bond donors (Lipinski definition) is 1. The van der Waals surface area contributed by atoms with E-state index >= 15 is 0 Å². The van der Waals surface area contributed by atoms with Gasteiger partial charge in [-0.25, -0.2) is 9.50 Å². The summed E-state index contributed by atoms with van der Waals surface area (Å²) in [6, 6.07) is 2.63. The molecule has 0 aromatic carbocycles. The molecule has 1 aliphatic rings. The van der Waals surface area contributed by atoms with Crippen molar-refractivity contribution in [2.75, 3.05) is 31.2 Å². The maximum Gasteiger partial charge on any atom is 0.417 e. The number of nitrogens with zero attached hydrogens (tertiary/aromatic N) is 5. The number of fused-ring (bicyclic) bond motifs is 1. The lowest BCUT2D eigenvalue weighted by Gasteiger charge is -2.28. The van der Waals surface area contributed by atoms with Crippen molar-refractivity contribution in [2.45, 2.75) is 12.8 Å². The largest absolute Gasteiger partial charge is 0.417 e. The van der Waals surface area contributed by atoms with Gasteiger partial charge < -0.3 is 14.7 Å². The highest BCUT2D eigenvalue weighted by atomic mass is 19.4. The molecule has 0 saturated carbocycles. The van der Waals surface area contributed by atoms with Gasteiger partial charge in [0.2, 0.25) is 0 Å². The Labute approximate surface area is 152 Å². The number of halogens is 3. The minimum Gasteiger partial charge on any atom is -0.392 e. The summed E-state index contributed by atoms with van der Waals surface area (Å²) in [4.78, 5) is 10.2. The van der Waals surface area contributed by atoms with Gasteiger partial charge in [-0.05, 0) is 17.7 Å². The molecule has 7 nitrogen and oxygen atoms in total. The van der Waals surface area contributed by atoms with Crippen molar-refractivity contribution in [1.29, 1.82) is 0 Å². The molecule has 0 atom stereocenters. The van der Waals surface area contributed by atoms with Crippen molar-refractivity contribution in [1.82, 2.24) is 19.6 Å². The molecule has 10 heteroatoms. The zero-order valence-corrected chi connectivity index (χ0v) is 14.1. The number of aliphatic hydroxyl groups is 1. The second kappa shape index (κ2) is 6.78. The van der Waals surface area contributed by atoms with Gasteiger partial charge in [-0.2, -0.15) is 13.2 Å². The second-order valence-electron chi connectivity index (χ2n) is 6.11. The topological polar surface area (TPSA) is 75.8 Å². The van der Waals surface area contributed by atoms with Crippen LogP contribution in [-0.4, -0.2) is 51.0 Å². The Hall–Kier alpha value is -2.72. The van der Waals surface area contributed by atoms with Gasteiger partial charge in [0.1, 0.15) is 5.52 Å². The molecule has 142 valence electrons. The number of alkyl halides is 3. The van der Waals surface area contributed by atoms with Gasteiger partial charge in [0.25, 0.3) is 0 Å². The van der Waals surface area contributed by atoms with E-state index in [9.17, 15) is 18.3 Å². The molecule has 4 heterocycles. The minimum atomic E-state index is -4.55. The number of aliphatic hydroxyl groups excluding tert-OH is 1. The van der Waals surface area contributed by atoms with Gasteiger partial charge in [0.15, 0.2) is 11.6 Å². The Kier molecular flexibility index (Phi) is 4.44. The van der Waals surface area contributed by atoms with Gasteiger partial charge in [-0.3, -0.25) is 4.98 Å². The SMILES string of the molecule is OCc1cc2c(N3CCOCC3)nc(-c3cnccc3C(F)(F)F)nn2c1. The summed E-state index contributed by atoms with van der Waals surface area (Å²) >= 11 is 0. The van der Waals surface area contributed by atoms with Crippen molar-refractivity contribution >= 4 is 11.3 Å². The average Bonchev–Trinajstić information content (AvgIpc) is 3.10. The molecule has 4 rings (SSSR count). The first kappa shape index (κ1) is 17.7. The molecule has 0 bridgehead atoms. The lowest BCUT2D eigenvalue weighted by atomic mass is 10.1. The van der Waals surface area contributed by atoms with Crippen LogP contribution in [0.4, 0.5) is 19.0 Å². The van der Waals surface area contributed by atoms with E-state index in [0.29, 0.717) is 43.2 Å². The van der Waals surface area contributed by atoms with Crippen LogP contribution < -0.4 is 4.90 Å². The summed E-state index contributed by atoms with van der Waals surface area (Å²) in [6.07, 6.45) is -0.770. The van der Waals surface area contributed by atoms with E-state index in [1.807, 2.05) is 4.90 Å². The lowest BCUT2D eigenvalue weighted by Crippen LogP contribution is -2.37. The van der Waals surface area contributed by atoms with Crippen LogP contribution in [0.3, 0.4) is 0 Å². The number of ether oxygens (including phenoxy) is 1. The van der Waals surface area contributed by atoms with E-state index in [0.717, 1.165) is 18.5 Å². The Morgan fingerprint density at radius 1 is 1.22 bits per heavy atom. The van der Waals surface area contributed by atoms with Crippen molar-refractivity contribution in [3.8, 4) is 11.4 Å². The molecule has 0 spiro atoms. The standard InChI is InChI=1S/C17H16F3N5O2/c18-17(19,20)13-1-2-21-8-12(13)15-22-16(24-3-5-27-6-4-24)14-7-11(10-26)9-25(14)23-15/h1-2,7-9,26H,3-6,10H2. The van der Waals surface area contributed by atoms with Crippen LogP contribution >= 0.6 is 0 Å². The van der Waals surface area contributed by atoms with Gasteiger partial charge >= 0.3 is 6.18 Å². The number of morpholine rings is 1. The average molecular weight is 379 g/mol. The molecule has 27 heavy (non-hydrogen) atoms. The molecule has 3 aromatic rings. The number of hydrogen-bond acceptors (Lipinski definition) is 6. The highest BCUT2D eigenvalue weighted by molar-refractivity contribution is 5.73. The third-order valence-electron chi connectivity index (χ3n) is 4.36. The first-order valence-corrected chi connectivity index (χ1v) is 8.32. The Morgan fingerprint density at radius 3 is 2.70 bits per heavy atom. The predicted molar refractivity (Wildman–Crippen MR) is 90.2 cm³/mol. The van der Waals surface area contributed by atoms with Crippen LogP contribution in [0.1, 0.15) is 11.1 Å². The fourth-order valence-corrected chi connectivity index (χ4v) is 3.07. The summed E-state index contributed by atoms with van der Waals surface area (Å²) in [6.45, 7) is 1.91. The predicted octanol–water partition coefficient (Wildman–Crippen LogP) is 2.14. The van der Waals surface area contributed by atoms with Crippen LogP contribution in [0.15, 0.2) is 30.7 Å². The maximum atomic E-state index is 13.4. The van der Waals surface area contributed by atoms with Gasteiger partial charge in [-0.1, -0.05) is 0 Å². The summed E-state index contributed by atoms with van der Waals surface area (Å²) < 4.78 is 47.0. The van der Waals surface area contributed by atoms with Gasteiger partial charge in [0, 0.05) is 31.7 Å². The summed E-state index contributed by atoms with van der Waals surface area (Å²) in [5, 5.41) is 13.7. The van der Waals surface area contributed by atoms with Crippen LogP contribution in [0, 0.1) is 0 Å². The number of aromatic nitrogens is 4. The van der Waals surface area contributed by atoms with E-state index in [1.165, 1.54) is 4.52 Å². The summed E-state index contributed by atoms with van der Waals surface area (Å²) in [7, 11) is 0. The third-order valence-corrected chi connectivity index (χ3v) is 4.36. The van der Waals surface area contributed by atoms with Gasteiger partial charge in [-0.15, -0.1) is 5.10 Å². The van der Waals surface area contributed by atoms with E-state index in [1.54, 1.807) is 12.3 Å². The smallest absolute Gasteiger partial charge is 0.392 e. The normalized spacial score (nSPS) is 15.5. The Balaban J connectivity index is 1.92. The molecule has 1 fully saturated rings. The molecular weight excluding hydrogens is 363 g/mol. The van der Waals surface area contributed by atoms with Crippen molar-refractivity contribution in [2.24, 2.45) is 0 Å². The molecule has 1 N–H and O–H groups in total. The minimum absolute atomic E-state index is 0.0792. The second-order valence-corrected chi connectivity index (χ2v) is 6.11. The monoisotopic (exact) mass is 379 g/mol. The molecular formula is C17H16F3N5O2. The maximum absolute atomic E-state index is 13.4. The fourth-order valence-electron chi connectivity index (χ4n) is 3.07. The number of anilines is 1. The number of pyridine rings is 1. The molecule has 1 aliphatic heterocycles. The molecule has 0 amide bonds. The Morgan fingerprint density at radius 2 is 2.00 bits per heavy atom. The quantitative estimate of drug-likeness (QED) is 0.752. The zero-order valence-electron chi connectivity index (χ0n) is 14.1. The fraction of sp³-hybridized carbons (Fsp3) is 0.353. The lowest BCUT2D eigenvalue weighted by molar-refractivity contribution is -0.137. The summed E-state index contributed by atoms with van der Waals surface area (Å²) in [5.74, 6) is 0.421. The Bertz CT molecular complexity index is 967. The van der Waals surface area contributed by atoms with Gasteiger partial charge in [0.05, 0.1) is 30.9 Å². The van der Waals surface area contributed by atoms with Crippen molar-refractivity contribution < 1.29 is 23.0 Å². The molecule has 3 aromatic heterocycles. The molecule has 1 saturated heterocycles. The summed E-state index contributed by atoms with van der Waals surface area (Å²) in [5.41, 5.74) is 0.167. The zero-order chi connectivity index (χ0) is 19.0. The first-order valence-electron chi connectivity index (χ1n) is 8.32. The highest BCUT2D eigenvalue weighted by Crippen LogP contribution is 2.36. The van der Waals surface area contributed by atoms with Crippen molar-refractivity contribution in [3.05, 3.63) is 41.9 Å². The highest BCUT2D eigenvalue weighted by Gasteiger charge is 2.35. The number of rotatable bonds is 3. The molecule has 0 radical (unpaired) electrons. The third kappa shape index (κ3) is 3.33. The van der Waals surface area contributed by atoms with E-state index in [2.05, 4.69) is 15.1 Å². The van der Waals surface area contributed by atoms with Crippen LogP contribution in [0.5, 0.6) is 0 Å².